The molecule has 3 aromatic rings. The number of aryl methyl sites for hydroxylation is 1. The second-order valence-corrected chi connectivity index (χ2v) is 5.08. The molecule has 0 unspecified atom stereocenters. The summed E-state index contributed by atoms with van der Waals surface area (Å²) in [7, 11) is 0. The minimum absolute atomic E-state index is 0.114. The summed E-state index contributed by atoms with van der Waals surface area (Å²) in [6.45, 7) is 1.98. The number of halogens is 3. The average Bonchev–Trinajstić information content (AvgIpc) is 2.96. The first-order valence-corrected chi connectivity index (χ1v) is 6.89. The first-order chi connectivity index (χ1) is 10.9. The van der Waals surface area contributed by atoms with Crippen molar-refractivity contribution in [2.75, 3.05) is 0 Å². The Morgan fingerprint density at radius 1 is 1.00 bits per heavy atom. The van der Waals surface area contributed by atoms with E-state index in [0.29, 0.717) is 5.75 Å². The smallest absolute Gasteiger partial charge is 0.416 e. The summed E-state index contributed by atoms with van der Waals surface area (Å²) in [5.74, 6) is 0.480. The lowest BCUT2D eigenvalue weighted by molar-refractivity contribution is -0.137. The fourth-order valence-corrected chi connectivity index (χ4v) is 2.07. The number of aromatic nitrogens is 2. The van der Waals surface area contributed by atoms with Gasteiger partial charge >= 0.3 is 6.18 Å². The Morgan fingerprint density at radius 2 is 1.74 bits per heavy atom. The van der Waals surface area contributed by atoms with Gasteiger partial charge in [0.1, 0.15) is 5.75 Å². The van der Waals surface area contributed by atoms with Crippen molar-refractivity contribution in [1.29, 1.82) is 0 Å². The van der Waals surface area contributed by atoms with Crippen molar-refractivity contribution in [3.8, 4) is 17.2 Å². The lowest BCUT2D eigenvalue weighted by Gasteiger charge is -2.08. The van der Waals surface area contributed by atoms with E-state index >= 15 is 0 Å². The van der Waals surface area contributed by atoms with Crippen LogP contribution in [0.4, 0.5) is 13.2 Å². The summed E-state index contributed by atoms with van der Waals surface area (Å²) in [4.78, 5) is 0. The molecule has 0 saturated heterocycles. The molecule has 0 fully saturated rings. The molecule has 0 radical (unpaired) electrons. The number of benzene rings is 2. The normalized spacial score (nSPS) is 11.5. The standard InChI is InChI=1S/C17H13F3N2O/c1-12-5-7-14(8-6-12)22-11-16(10-21-22)23-15-4-2-3-13(9-15)17(18,19)20/h2-11H,1H3. The largest absolute Gasteiger partial charge is 0.454 e. The van der Waals surface area contributed by atoms with Gasteiger partial charge < -0.3 is 4.74 Å². The van der Waals surface area contributed by atoms with Crippen molar-refractivity contribution >= 4 is 0 Å². The molecule has 0 aliphatic carbocycles. The number of ether oxygens (including phenoxy) is 1. The lowest BCUT2D eigenvalue weighted by Crippen LogP contribution is -2.04. The molecular formula is C17H13F3N2O. The van der Waals surface area contributed by atoms with Gasteiger partial charge in [-0.15, -0.1) is 0 Å². The van der Waals surface area contributed by atoms with Crippen molar-refractivity contribution in [3.05, 3.63) is 72.1 Å². The van der Waals surface area contributed by atoms with Crippen molar-refractivity contribution < 1.29 is 17.9 Å². The van der Waals surface area contributed by atoms with Crippen molar-refractivity contribution in [2.24, 2.45) is 0 Å². The van der Waals surface area contributed by atoms with Gasteiger partial charge in [-0.1, -0.05) is 23.8 Å². The molecule has 118 valence electrons. The third kappa shape index (κ3) is 3.53. The molecule has 23 heavy (non-hydrogen) atoms. The molecule has 0 saturated carbocycles. The van der Waals surface area contributed by atoms with Gasteiger partial charge in [0, 0.05) is 0 Å². The quantitative estimate of drug-likeness (QED) is 0.680. The van der Waals surface area contributed by atoms with Crippen LogP contribution < -0.4 is 4.74 Å². The molecule has 1 aromatic heterocycles. The summed E-state index contributed by atoms with van der Waals surface area (Å²) in [6.07, 6.45) is -1.32. The second kappa shape index (κ2) is 5.79. The number of alkyl halides is 3. The van der Waals surface area contributed by atoms with Gasteiger partial charge in [0.05, 0.1) is 23.6 Å². The zero-order valence-corrected chi connectivity index (χ0v) is 12.2. The molecule has 2 aromatic carbocycles. The molecule has 0 spiro atoms. The summed E-state index contributed by atoms with van der Waals surface area (Å²) in [5, 5.41) is 4.15. The highest BCUT2D eigenvalue weighted by Gasteiger charge is 2.30. The maximum Gasteiger partial charge on any atom is 0.416 e. The fourth-order valence-electron chi connectivity index (χ4n) is 2.07. The fraction of sp³-hybridized carbons (Fsp3) is 0.118. The van der Waals surface area contributed by atoms with E-state index in [0.717, 1.165) is 23.4 Å². The predicted octanol–water partition coefficient (Wildman–Crippen LogP) is 4.99. The van der Waals surface area contributed by atoms with E-state index in [1.54, 1.807) is 10.9 Å². The van der Waals surface area contributed by atoms with E-state index in [2.05, 4.69) is 5.10 Å². The molecule has 3 rings (SSSR count). The van der Waals surface area contributed by atoms with Crippen LogP contribution in [0.3, 0.4) is 0 Å². The third-order valence-corrected chi connectivity index (χ3v) is 3.25. The van der Waals surface area contributed by atoms with Crippen LogP contribution in [-0.4, -0.2) is 9.78 Å². The molecule has 3 nitrogen and oxygen atoms in total. The zero-order chi connectivity index (χ0) is 16.4. The zero-order valence-electron chi connectivity index (χ0n) is 12.2. The molecule has 0 amide bonds. The van der Waals surface area contributed by atoms with E-state index in [9.17, 15) is 13.2 Å². The summed E-state index contributed by atoms with van der Waals surface area (Å²) in [6, 6.07) is 12.4. The monoisotopic (exact) mass is 318 g/mol. The molecule has 0 N–H and O–H groups in total. The molecule has 0 bridgehead atoms. The molecule has 0 aliphatic rings. The Kier molecular flexibility index (Phi) is 3.82. The van der Waals surface area contributed by atoms with Crippen LogP contribution in [0.2, 0.25) is 0 Å². The predicted molar refractivity (Wildman–Crippen MR) is 79.8 cm³/mol. The van der Waals surface area contributed by atoms with Crippen LogP contribution in [0, 0.1) is 6.92 Å². The van der Waals surface area contributed by atoms with Crippen LogP contribution in [0.15, 0.2) is 60.9 Å². The van der Waals surface area contributed by atoms with Crippen LogP contribution >= 0.6 is 0 Å². The molecule has 0 aliphatic heterocycles. The van der Waals surface area contributed by atoms with E-state index in [4.69, 9.17) is 4.74 Å². The summed E-state index contributed by atoms with van der Waals surface area (Å²) >= 11 is 0. The summed E-state index contributed by atoms with van der Waals surface area (Å²) < 4.78 is 45.1. The Balaban J connectivity index is 1.81. The van der Waals surface area contributed by atoms with Crippen molar-refractivity contribution in [2.45, 2.75) is 13.1 Å². The van der Waals surface area contributed by atoms with Crippen LogP contribution in [0.5, 0.6) is 11.5 Å². The van der Waals surface area contributed by atoms with Gasteiger partial charge in [-0.25, -0.2) is 4.68 Å². The minimum atomic E-state index is -4.40. The lowest BCUT2D eigenvalue weighted by atomic mass is 10.2. The molecule has 1 heterocycles. The Bertz CT molecular complexity index is 807. The number of nitrogens with zero attached hydrogens (tertiary/aromatic N) is 2. The van der Waals surface area contributed by atoms with Crippen LogP contribution in [0.1, 0.15) is 11.1 Å². The minimum Gasteiger partial charge on any atom is -0.454 e. The first-order valence-electron chi connectivity index (χ1n) is 6.89. The maximum absolute atomic E-state index is 12.7. The number of rotatable bonds is 3. The highest BCUT2D eigenvalue weighted by molar-refractivity contribution is 5.37. The summed E-state index contributed by atoms with van der Waals surface area (Å²) in [5.41, 5.74) is 1.22. The van der Waals surface area contributed by atoms with Gasteiger partial charge in [-0.2, -0.15) is 18.3 Å². The number of hydrogen-bond acceptors (Lipinski definition) is 2. The highest BCUT2D eigenvalue weighted by atomic mass is 19.4. The van der Waals surface area contributed by atoms with Crippen LogP contribution in [0.25, 0.3) is 5.69 Å². The number of hydrogen-bond donors (Lipinski definition) is 0. The molecule has 0 atom stereocenters. The molecular weight excluding hydrogens is 305 g/mol. The second-order valence-electron chi connectivity index (χ2n) is 5.08. The van der Waals surface area contributed by atoms with Gasteiger partial charge in [-0.3, -0.25) is 0 Å². The van der Waals surface area contributed by atoms with E-state index in [1.165, 1.54) is 18.3 Å². The van der Waals surface area contributed by atoms with Crippen LogP contribution in [-0.2, 0) is 6.18 Å². The molecule has 6 heteroatoms. The van der Waals surface area contributed by atoms with Gasteiger partial charge in [0.25, 0.3) is 0 Å². The van der Waals surface area contributed by atoms with E-state index < -0.39 is 11.7 Å². The van der Waals surface area contributed by atoms with Gasteiger partial charge in [0.15, 0.2) is 5.75 Å². The van der Waals surface area contributed by atoms with Crippen molar-refractivity contribution in [1.82, 2.24) is 9.78 Å². The first kappa shape index (κ1) is 15.1. The third-order valence-electron chi connectivity index (χ3n) is 3.25. The van der Waals surface area contributed by atoms with E-state index in [-0.39, 0.29) is 5.75 Å². The van der Waals surface area contributed by atoms with Gasteiger partial charge in [-0.05, 0) is 37.3 Å². The maximum atomic E-state index is 12.7. The Hall–Kier alpha value is -2.76. The average molecular weight is 318 g/mol. The van der Waals surface area contributed by atoms with E-state index in [1.807, 2.05) is 31.2 Å². The Morgan fingerprint density at radius 3 is 2.43 bits per heavy atom. The highest BCUT2D eigenvalue weighted by Crippen LogP contribution is 2.32. The SMILES string of the molecule is Cc1ccc(-n2cc(Oc3cccc(C(F)(F)F)c3)cn2)cc1. The van der Waals surface area contributed by atoms with Gasteiger partial charge in [0.2, 0.25) is 0 Å². The van der Waals surface area contributed by atoms with Crippen molar-refractivity contribution in [3.63, 3.8) is 0 Å². The topological polar surface area (TPSA) is 27.1 Å². The Labute approximate surface area is 130 Å².